The highest BCUT2D eigenvalue weighted by Gasteiger charge is 2.22. The summed E-state index contributed by atoms with van der Waals surface area (Å²) >= 11 is 0. The zero-order valence-electron chi connectivity index (χ0n) is 13.8. The number of halogens is 3. The van der Waals surface area contributed by atoms with Crippen LogP contribution in [-0.2, 0) is 14.3 Å². The van der Waals surface area contributed by atoms with Crippen LogP contribution in [0.2, 0.25) is 0 Å². The summed E-state index contributed by atoms with van der Waals surface area (Å²) in [7, 11) is 0. The summed E-state index contributed by atoms with van der Waals surface area (Å²) in [6.45, 7) is 0.970. The van der Waals surface area contributed by atoms with E-state index in [4.69, 9.17) is 9.47 Å². The number of ether oxygens (including phenoxy) is 2. The van der Waals surface area contributed by atoms with E-state index in [0.717, 1.165) is 6.07 Å². The zero-order valence-corrected chi connectivity index (χ0v) is 13.8. The maximum absolute atomic E-state index is 13.5. The zero-order chi connectivity index (χ0) is 19.1. The van der Waals surface area contributed by atoms with Crippen molar-refractivity contribution in [2.45, 2.75) is 19.4 Å². The van der Waals surface area contributed by atoms with Gasteiger partial charge in [-0.05, 0) is 30.7 Å². The van der Waals surface area contributed by atoms with Crippen molar-refractivity contribution in [3.63, 3.8) is 0 Å². The predicted molar refractivity (Wildman–Crippen MR) is 87.1 cm³/mol. The van der Waals surface area contributed by atoms with E-state index in [1.54, 1.807) is 37.3 Å². The second-order valence-corrected chi connectivity index (χ2v) is 5.21. The first-order chi connectivity index (χ1) is 12.4. The Morgan fingerprint density at radius 1 is 1.04 bits per heavy atom. The fourth-order valence-corrected chi connectivity index (χ4v) is 2.00. The average molecular weight is 367 g/mol. The highest BCUT2D eigenvalue weighted by molar-refractivity contribution is 5.93. The molecule has 0 heterocycles. The van der Waals surface area contributed by atoms with Crippen molar-refractivity contribution >= 4 is 17.6 Å². The van der Waals surface area contributed by atoms with Crippen molar-refractivity contribution in [3.8, 4) is 5.75 Å². The number of carbonyl (C=O) groups is 2. The van der Waals surface area contributed by atoms with Gasteiger partial charge in [0.15, 0.2) is 30.2 Å². The van der Waals surface area contributed by atoms with Crippen LogP contribution >= 0.6 is 0 Å². The van der Waals surface area contributed by atoms with Gasteiger partial charge < -0.3 is 14.8 Å². The van der Waals surface area contributed by atoms with Crippen molar-refractivity contribution in [1.82, 2.24) is 0 Å². The van der Waals surface area contributed by atoms with Crippen LogP contribution in [0.3, 0.4) is 0 Å². The topological polar surface area (TPSA) is 64.6 Å². The maximum Gasteiger partial charge on any atom is 0.347 e. The molecule has 0 radical (unpaired) electrons. The summed E-state index contributed by atoms with van der Waals surface area (Å²) in [5.41, 5.74) is -0.558. The van der Waals surface area contributed by atoms with Gasteiger partial charge in [0, 0.05) is 0 Å². The molecule has 0 aromatic heterocycles. The minimum absolute atomic E-state index is 0.299. The van der Waals surface area contributed by atoms with Crippen LogP contribution < -0.4 is 10.1 Å². The molecule has 0 saturated heterocycles. The molecule has 0 aliphatic rings. The third-order valence-corrected chi connectivity index (χ3v) is 3.31. The van der Waals surface area contributed by atoms with E-state index in [1.165, 1.54) is 0 Å². The lowest BCUT2D eigenvalue weighted by Gasteiger charge is -2.16. The number of amides is 1. The monoisotopic (exact) mass is 367 g/mol. The first-order valence-corrected chi connectivity index (χ1v) is 7.74. The van der Waals surface area contributed by atoms with Crippen LogP contribution in [0, 0.1) is 17.5 Å². The highest BCUT2D eigenvalue weighted by atomic mass is 19.2. The van der Waals surface area contributed by atoms with Crippen LogP contribution in [0.25, 0.3) is 0 Å². The maximum atomic E-state index is 13.5. The van der Waals surface area contributed by atoms with Gasteiger partial charge in [0.25, 0.3) is 5.91 Å². The van der Waals surface area contributed by atoms with Gasteiger partial charge >= 0.3 is 5.97 Å². The Morgan fingerprint density at radius 3 is 2.38 bits per heavy atom. The van der Waals surface area contributed by atoms with Gasteiger partial charge in [-0.3, -0.25) is 4.79 Å². The second kappa shape index (κ2) is 8.89. The minimum Gasteiger partial charge on any atom is -0.479 e. The van der Waals surface area contributed by atoms with E-state index in [9.17, 15) is 22.8 Å². The Kier molecular flexibility index (Phi) is 6.60. The lowest BCUT2D eigenvalue weighted by atomic mass is 10.2. The van der Waals surface area contributed by atoms with Crippen LogP contribution in [0.1, 0.15) is 13.3 Å². The number of hydrogen-bond acceptors (Lipinski definition) is 4. The normalized spacial score (nSPS) is 11.5. The van der Waals surface area contributed by atoms with Crippen molar-refractivity contribution in [3.05, 3.63) is 59.9 Å². The Hall–Kier alpha value is -3.03. The van der Waals surface area contributed by atoms with Gasteiger partial charge in [0.2, 0.25) is 0 Å². The number of nitrogens with one attached hydrogen (secondary N) is 1. The number of anilines is 1. The Labute approximate surface area is 147 Å². The largest absolute Gasteiger partial charge is 0.479 e. The molecule has 0 bridgehead atoms. The van der Waals surface area contributed by atoms with Gasteiger partial charge in [-0.1, -0.05) is 25.1 Å². The minimum atomic E-state index is -1.71. The second-order valence-electron chi connectivity index (χ2n) is 5.21. The van der Waals surface area contributed by atoms with Crippen molar-refractivity contribution < 1.29 is 32.2 Å². The van der Waals surface area contributed by atoms with Crippen LogP contribution in [0.15, 0.2) is 42.5 Å². The summed E-state index contributed by atoms with van der Waals surface area (Å²) < 4.78 is 49.7. The Bertz CT molecular complexity index is 784. The van der Waals surface area contributed by atoms with Gasteiger partial charge in [-0.2, -0.15) is 0 Å². The number of esters is 1. The van der Waals surface area contributed by atoms with Crippen LogP contribution in [0.4, 0.5) is 18.9 Å². The Morgan fingerprint density at radius 2 is 1.73 bits per heavy atom. The third kappa shape index (κ3) is 4.98. The van der Waals surface area contributed by atoms with Gasteiger partial charge in [0.1, 0.15) is 5.75 Å². The van der Waals surface area contributed by atoms with Crippen molar-refractivity contribution in [2.75, 3.05) is 11.9 Å². The first kappa shape index (κ1) is 19.3. The SMILES string of the molecule is CC[C@@H](Oc1ccccc1)C(=O)OCC(=O)Nc1ccc(F)c(F)c1F. The molecule has 26 heavy (non-hydrogen) atoms. The number of rotatable bonds is 7. The van der Waals surface area contributed by atoms with Crippen molar-refractivity contribution in [1.29, 1.82) is 0 Å². The molecule has 0 saturated carbocycles. The predicted octanol–water partition coefficient (Wildman–Crippen LogP) is 3.44. The third-order valence-electron chi connectivity index (χ3n) is 3.31. The van der Waals surface area contributed by atoms with E-state index in [2.05, 4.69) is 0 Å². The molecule has 0 fully saturated rings. The first-order valence-electron chi connectivity index (χ1n) is 7.74. The fraction of sp³-hybridized carbons (Fsp3) is 0.222. The summed E-state index contributed by atoms with van der Waals surface area (Å²) in [5, 5.41) is 2.00. The van der Waals surface area contributed by atoms with Gasteiger partial charge in [0.05, 0.1) is 5.69 Å². The number of hydrogen-bond donors (Lipinski definition) is 1. The van der Waals surface area contributed by atoms with Gasteiger partial charge in [-0.15, -0.1) is 0 Å². The Balaban J connectivity index is 1.89. The highest BCUT2D eigenvalue weighted by Crippen LogP contribution is 2.19. The molecule has 8 heteroatoms. The van der Waals surface area contributed by atoms with Crippen LogP contribution in [-0.4, -0.2) is 24.6 Å². The van der Waals surface area contributed by atoms with Gasteiger partial charge in [-0.25, -0.2) is 18.0 Å². The van der Waals surface area contributed by atoms with E-state index in [-0.39, 0.29) is 0 Å². The quantitative estimate of drug-likeness (QED) is 0.601. The van der Waals surface area contributed by atoms with Crippen molar-refractivity contribution in [2.24, 2.45) is 0 Å². The average Bonchev–Trinajstić information content (AvgIpc) is 2.65. The van der Waals surface area contributed by atoms with E-state index >= 15 is 0 Å². The molecular weight excluding hydrogens is 351 g/mol. The lowest BCUT2D eigenvalue weighted by Crippen LogP contribution is -2.31. The molecule has 1 amide bonds. The molecule has 2 aromatic carbocycles. The standard InChI is InChI=1S/C18H16F3NO4/c1-2-14(26-11-6-4-3-5-7-11)18(24)25-10-15(23)22-13-9-8-12(19)16(20)17(13)21/h3-9,14H,2,10H2,1H3,(H,22,23)/t14-/m1/s1. The number of para-hydroxylation sites is 1. The fourth-order valence-electron chi connectivity index (χ4n) is 2.00. The molecule has 0 aliphatic carbocycles. The number of carbonyl (C=O) groups excluding carboxylic acids is 2. The molecular formula is C18H16F3NO4. The molecule has 1 N–H and O–H groups in total. The molecule has 5 nitrogen and oxygen atoms in total. The van der Waals surface area contributed by atoms with Crippen LogP contribution in [0.5, 0.6) is 5.75 Å². The molecule has 2 aromatic rings. The summed E-state index contributed by atoms with van der Waals surface area (Å²) in [4.78, 5) is 23.7. The van der Waals surface area contributed by atoms with E-state index < -0.39 is 47.7 Å². The summed E-state index contributed by atoms with van der Waals surface area (Å²) in [6.07, 6.45) is -0.627. The lowest BCUT2D eigenvalue weighted by molar-refractivity contribution is -0.154. The molecule has 0 unspecified atom stereocenters. The molecule has 2 rings (SSSR count). The molecule has 0 spiro atoms. The number of benzene rings is 2. The van der Waals surface area contributed by atoms with E-state index in [0.29, 0.717) is 18.2 Å². The smallest absolute Gasteiger partial charge is 0.347 e. The molecule has 138 valence electrons. The van der Waals surface area contributed by atoms with E-state index in [1.807, 2.05) is 5.32 Å². The molecule has 0 aliphatic heterocycles. The summed E-state index contributed by atoms with van der Waals surface area (Å²) in [6, 6.07) is 10.1. The molecule has 1 atom stereocenters. The summed E-state index contributed by atoms with van der Waals surface area (Å²) in [5.74, 6) is -5.85.